The van der Waals surface area contributed by atoms with E-state index in [0.717, 1.165) is 29.5 Å². The van der Waals surface area contributed by atoms with Crippen molar-refractivity contribution in [2.45, 2.75) is 24.2 Å². The lowest BCUT2D eigenvalue weighted by atomic mass is 10.1. The predicted molar refractivity (Wildman–Crippen MR) is 98.5 cm³/mol. The second-order valence-corrected chi connectivity index (χ2v) is 9.38. The van der Waals surface area contributed by atoms with Gasteiger partial charge in [0.15, 0.2) is 9.84 Å². The third kappa shape index (κ3) is 4.48. The second-order valence-electron chi connectivity index (χ2n) is 6.10. The molecule has 2 aromatic heterocycles. The molecular weight excluding hydrogens is 454 g/mol. The molecule has 0 saturated heterocycles. The van der Waals surface area contributed by atoms with Crippen molar-refractivity contribution in [3.05, 3.63) is 54.0 Å². The smallest absolute Gasteiger partial charge is 0.263 e. The van der Waals surface area contributed by atoms with E-state index in [1.165, 1.54) is 19.3 Å². The maximum atomic E-state index is 13.0. The second kappa shape index (κ2) is 7.65. The topological polar surface area (TPSA) is 59.9 Å². The Hall–Kier alpha value is -2.47. The molecule has 0 aliphatic heterocycles. The molecule has 0 N–H and O–H groups in total. The first kappa shape index (κ1) is 22.2. The normalized spacial score (nSPS) is 12.9. The zero-order chi connectivity index (χ0) is 22.3. The summed E-state index contributed by atoms with van der Waals surface area (Å²) in [4.78, 5) is 7.29. The fourth-order valence-electron chi connectivity index (χ4n) is 2.55. The SMILES string of the molecule is CCS(=O)(=O)c1cc(C(F)(F)F)ccc1-c1ncc(-c2cncc(C(F)(F)F)c2)s1. The van der Waals surface area contributed by atoms with Crippen LogP contribution >= 0.6 is 11.3 Å². The molecule has 0 saturated carbocycles. The molecule has 0 radical (unpaired) electrons. The standard InChI is InChI=1S/C18H12F6N2O2S2/c1-2-30(27,28)15-6-11(17(19,20)21)3-4-13(15)16-26-9-14(29-16)10-5-12(8-25-7-10)18(22,23)24/h3-9H,2H2,1H3. The molecule has 2 heterocycles. The van der Waals surface area contributed by atoms with E-state index in [-0.39, 0.29) is 21.0 Å². The highest BCUT2D eigenvalue weighted by molar-refractivity contribution is 7.91. The van der Waals surface area contributed by atoms with Gasteiger partial charge in [0, 0.05) is 29.7 Å². The molecule has 0 amide bonds. The Kier molecular flexibility index (Phi) is 5.67. The Morgan fingerprint density at radius 1 is 0.933 bits per heavy atom. The van der Waals surface area contributed by atoms with Crippen LogP contribution in [0.4, 0.5) is 26.3 Å². The van der Waals surface area contributed by atoms with Crippen LogP contribution in [-0.4, -0.2) is 24.1 Å². The van der Waals surface area contributed by atoms with E-state index >= 15 is 0 Å². The minimum absolute atomic E-state index is 0.0546. The zero-order valence-corrected chi connectivity index (χ0v) is 16.7. The van der Waals surface area contributed by atoms with Crippen LogP contribution in [0.2, 0.25) is 0 Å². The molecule has 0 aliphatic carbocycles. The van der Waals surface area contributed by atoms with Gasteiger partial charge in [-0.1, -0.05) is 13.0 Å². The van der Waals surface area contributed by atoms with Gasteiger partial charge >= 0.3 is 12.4 Å². The van der Waals surface area contributed by atoms with Crippen LogP contribution in [0.25, 0.3) is 21.0 Å². The Bertz CT molecular complexity index is 1180. The summed E-state index contributed by atoms with van der Waals surface area (Å²) in [6.07, 6.45) is -6.28. The van der Waals surface area contributed by atoms with Gasteiger partial charge in [0.05, 0.1) is 26.7 Å². The van der Waals surface area contributed by atoms with Crippen LogP contribution in [0.3, 0.4) is 0 Å². The summed E-state index contributed by atoms with van der Waals surface area (Å²) in [7, 11) is -4.04. The van der Waals surface area contributed by atoms with Gasteiger partial charge in [-0.05, 0) is 18.2 Å². The predicted octanol–water partition coefficient (Wildman–Crippen LogP) is 5.70. The lowest BCUT2D eigenvalue weighted by Crippen LogP contribution is -2.10. The summed E-state index contributed by atoms with van der Waals surface area (Å²) in [5.41, 5.74) is -2.06. The number of pyridine rings is 1. The lowest BCUT2D eigenvalue weighted by Gasteiger charge is -2.12. The maximum Gasteiger partial charge on any atom is 0.417 e. The average molecular weight is 466 g/mol. The van der Waals surface area contributed by atoms with E-state index in [9.17, 15) is 34.8 Å². The molecule has 12 heteroatoms. The van der Waals surface area contributed by atoms with Crippen molar-refractivity contribution in [1.82, 2.24) is 9.97 Å². The summed E-state index contributed by atoms with van der Waals surface area (Å²) in [6, 6.07) is 3.14. The van der Waals surface area contributed by atoms with Gasteiger partial charge in [-0.2, -0.15) is 26.3 Å². The van der Waals surface area contributed by atoms with Crippen LogP contribution in [-0.2, 0) is 22.2 Å². The molecule has 0 aliphatic rings. The van der Waals surface area contributed by atoms with Crippen molar-refractivity contribution >= 4 is 21.2 Å². The molecule has 30 heavy (non-hydrogen) atoms. The first-order valence-electron chi connectivity index (χ1n) is 8.25. The number of benzene rings is 1. The quantitative estimate of drug-likeness (QED) is 0.463. The fourth-order valence-corrected chi connectivity index (χ4v) is 4.67. The number of rotatable bonds is 4. The van der Waals surface area contributed by atoms with Gasteiger partial charge in [-0.15, -0.1) is 11.3 Å². The van der Waals surface area contributed by atoms with Crippen molar-refractivity contribution in [1.29, 1.82) is 0 Å². The van der Waals surface area contributed by atoms with Crippen LogP contribution in [0, 0.1) is 0 Å². The largest absolute Gasteiger partial charge is 0.417 e. The van der Waals surface area contributed by atoms with E-state index in [0.29, 0.717) is 12.3 Å². The van der Waals surface area contributed by atoms with Gasteiger partial charge in [-0.3, -0.25) is 4.98 Å². The van der Waals surface area contributed by atoms with Crippen LogP contribution in [0.5, 0.6) is 0 Å². The number of halogens is 6. The molecule has 4 nitrogen and oxygen atoms in total. The molecule has 0 bridgehead atoms. The van der Waals surface area contributed by atoms with Crippen LogP contribution in [0.1, 0.15) is 18.1 Å². The highest BCUT2D eigenvalue weighted by Gasteiger charge is 2.33. The number of thiazole rings is 1. The zero-order valence-electron chi connectivity index (χ0n) is 15.0. The molecule has 0 spiro atoms. The highest BCUT2D eigenvalue weighted by atomic mass is 32.2. The lowest BCUT2D eigenvalue weighted by molar-refractivity contribution is -0.138. The van der Waals surface area contributed by atoms with Crippen molar-refractivity contribution in [2.75, 3.05) is 5.75 Å². The number of aromatic nitrogens is 2. The minimum Gasteiger partial charge on any atom is -0.263 e. The van der Waals surface area contributed by atoms with Gasteiger partial charge in [-0.25, -0.2) is 13.4 Å². The molecule has 3 rings (SSSR count). The van der Waals surface area contributed by atoms with Crippen molar-refractivity contribution < 1.29 is 34.8 Å². The first-order valence-corrected chi connectivity index (χ1v) is 10.7. The summed E-state index contributed by atoms with van der Waals surface area (Å²) < 4.78 is 103. The molecule has 0 unspecified atom stereocenters. The number of sulfone groups is 1. The van der Waals surface area contributed by atoms with Gasteiger partial charge in [0.25, 0.3) is 0 Å². The Balaban J connectivity index is 2.12. The summed E-state index contributed by atoms with van der Waals surface area (Å²) >= 11 is 0.848. The first-order chi connectivity index (χ1) is 13.8. The molecule has 0 atom stereocenters. The third-order valence-electron chi connectivity index (χ3n) is 4.11. The average Bonchev–Trinajstić information content (AvgIpc) is 3.16. The Morgan fingerprint density at radius 3 is 2.20 bits per heavy atom. The number of alkyl halides is 6. The monoisotopic (exact) mass is 466 g/mol. The number of nitrogens with zero attached hydrogens (tertiary/aromatic N) is 2. The fraction of sp³-hybridized carbons (Fsp3) is 0.222. The highest BCUT2D eigenvalue weighted by Crippen LogP contribution is 2.39. The van der Waals surface area contributed by atoms with E-state index in [1.807, 2.05) is 0 Å². The maximum absolute atomic E-state index is 13.0. The van der Waals surface area contributed by atoms with Crippen LogP contribution in [0.15, 0.2) is 47.8 Å². The Morgan fingerprint density at radius 2 is 1.60 bits per heavy atom. The summed E-state index contributed by atoms with van der Waals surface area (Å²) in [6.45, 7) is 1.29. The number of hydrogen-bond acceptors (Lipinski definition) is 5. The molecule has 3 aromatic rings. The van der Waals surface area contributed by atoms with Gasteiger partial charge in [0.1, 0.15) is 5.01 Å². The number of hydrogen-bond donors (Lipinski definition) is 0. The van der Waals surface area contributed by atoms with Crippen LogP contribution < -0.4 is 0 Å². The van der Waals surface area contributed by atoms with Crippen molar-refractivity contribution in [2.24, 2.45) is 0 Å². The summed E-state index contributed by atoms with van der Waals surface area (Å²) in [5, 5.41) is 0.0585. The third-order valence-corrected chi connectivity index (χ3v) is 6.96. The Labute approximate surface area is 171 Å². The molecule has 160 valence electrons. The van der Waals surface area contributed by atoms with Gasteiger partial charge in [0.2, 0.25) is 0 Å². The minimum atomic E-state index is -4.74. The molecular formula is C18H12F6N2O2S2. The molecule has 1 aromatic carbocycles. The van der Waals surface area contributed by atoms with Crippen molar-refractivity contribution in [3.8, 4) is 21.0 Å². The van der Waals surface area contributed by atoms with E-state index in [4.69, 9.17) is 0 Å². The van der Waals surface area contributed by atoms with E-state index in [1.54, 1.807) is 0 Å². The van der Waals surface area contributed by atoms with Gasteiger partial charge < -0.3 is 0 Å². The molecule has 0 fully saturated rings. The van der Waals surface area contributed by atoms with E-state index in [2.05, 4.69) is 9.97 Å². The summed E-state index contributed by atoms with van der Waals surface area (Å²) in [5.74, 6) is -0.433. The van der Waals surface area contributed by atoms with E-state index < -0.39 is 44.0 Å². The van der Waals surface area contributed by atoms with Crippen molar-refractivity contribution in [3.63, 3.8) is 0 Å².